The minimum absolute atomic E-state index is 0.00903. The average molecular weight is 334 g/mol. The molecule has 2 heterocycles. The maximum Gasteiger partial charge on any atom is 0.266 e. The first kappa shape index (κ1) is 15.5. The number of rotatable bonds is 3. The average Bonchev–Trinajstić information content (AvgIpc) is 2.82. The van der Waals surface area contributed by atoms with Crippen LogP contribution >= 0.6 is 24.0 Å². The molecular formula is C16H18N2O2S2. The number of thioether (sulfide) groups is 1. The van der Waals surface area contributed by atoms with Gasteiger partial charge in [-0.05, 0) is 30.7 Å². The summed E-state index contributed by atoms with van der Waals surface area (Å²) in [6.45, 7) is 5.97. The van der Waals surface area contributed by atoms with Crippen molar-refractivity contribution in [2.45, 2.75) is 6.92 Å². The monoisotopic (exact) mass is 334 g/mol. The highest BCUT2D eigenvalue weighted by atomic mass is 32.2. The Hall–Kier alpha value is -1.37. The van der Waals surface area contributed by atoms with E-state index in [0.29, 0.717) is 15.8 Å². The van der Waals surface area contributed by atoms with Crippen molar-refractivity contribution in [3.63, 3.8) is 0 Å². The molecule has 6 heteroatoms. The van der Waals surface area contributed by atoms with Crippen LogP contribution in [0.5, 0.6) is 0 Å². The summed E-state index contributed by atoms with van der Waals surface area (Å²) in [4.78, 5) is 16.8. The SMILES string of the molecule is CCN1C(=O)/C(=C/c2ccc(N3CCOCC3)cc2)SC1=S. The van der Waals surface area contributed by atoms with Gasteiger partial charge in [-0.2, -0.15) is 0 Å². The quantitative estimate of drug-likeness (QED) is 0.627. The number of likely N-dealkylation sites (N-methyl/N-ethyl adjacent to an activating group) is 1. The molecule has 1 aromatic carbocycles. The van der Waals surface area contributed by atoms with E-state index in [0.717, 1.165) is 31.9 Å². The second-order valence-corrected chi connectivity index (χ2v) is 6.79. The highest BCUT2D eigenvalue weighted by Crippen LogP contribution is 2.32. The van der Waals surface area contributed by atoms with Crippen molar-refractivity contribution < 1.29 is 9.53 Å². The number of nitrogens with zero attached hydrogens (tertiary/aromatic N) is 2. The molecule has 0 aliphatic carbocycles. The molecule has 1 aromatic rings. The molecule has 3 rings (SSSR count). The van der Waals surface area contributed by atoms with E-state index in [9.17, 15) is 4.79 Å². The lowest BCUT2D eigenvalue weighted by Gasteiger charge is -2.28. The molecule has 116 valence electrons. The van der Waals surface area contributed by atoms with Gasteiger partial charge in [-0.15, -0.1) is 0 Å². The molecular weight excluding hydrogens is 316 g/mol. The third-order valence-corrected chi connectivity index (χ3v) is 5.13. The fourth-order valence-corrected chi connectivity index (χ4v) is 3.91. The molecule has 0 atom stereocenters. The first-order chi connectivity index (χ1) is 10.7. The predicted molar refractivity (Wildman–Crippen MR) is 95.0 cm³/mol. The standard InChI is InChI=1S/C16H18N2O2S2/c1-2-18-15(19)14(22-16(18)21)11-12-3-5-13(6-4-12)17-7-9-20-10-8-17/h3-6,11H,2,7-10H2,1H3/b14-11-. The molecule has 2 aliphatic rings. The van der Waals surface area contributed by atoms with Gasteiger partial charge in [0.05, 0.1) is 18.1 Å². The lowest BCUT2D eigenvalue weighted by atomic mass is 10.1. The van der Waals surface area contributed by atoms with Crippen LogP contribution in [0.2, 0.25) is 0 Å². The van der Waals surface area contributed by atoms with Gasteiger partial charge in [0.25, 0.3) is 5.91 Å². The van der Waals surface area contributed by atoms with Gasteiger partial charge in [0.15, 0.2) is 0 Å². The molecule has 0 unspecified atom stereocenters. The summed E-state index contributed by atoms with van der Waals surface area (Å²) in [7, 11) is 0. The van der Waals surface area contributed by atoms with E-state index < -0.39 is 0 Å². The number of hydrogen-bond donors (Lipinski definition) is 0. The zero-order chi connectivity index (χ0) is 15.5. The number of hydrogen-bond acceptors (Lipinski definition) is 5. The van der Waals surface area contributed by atoms with Gasteiger partial charge < -0.3 is 9.64 Å². The third-order valence-electron chi connectivity index (χ3n) is 3.76. The molecule has 0 saturated carbocycles. The second-order valence-electron chi connectivity index (χ2n) is 5.12. The van der Waals surface area contributed by atoms with Crippen LogP contribution in [0.1, 0.15) is 12.5 Å². The molecule has 2 saturated heterocycles. The van der Waals surface area contributed by atoms with Crippen LogP contribution in [0.3, 0.4) is 0 Å². The van der Waals surface area contributed by atoms with Crippen molar-refractivity contribution >= 4 is 46.0 Å². The molecule has 22 heavy (non-hydrogen) atoms. The Morgan fingerprint density at radius 3 is 2.55 bits per heavy atom. The Morgan fingerprint density at radius 2 is 1.95 bits per heavy atom. The van der Waals surface area contributed by atoms with Crippen LogP contribution in [-0.4, -0.2) is 48.0 Å². The Balaban J connectivity index is 1.74. The maximum absolute atomic E-state index is 12.2. The van der Waals surface area contributed by atoms with Crippen LogP contribution in [0.4, 0.5) is 5.69 Å². The molecule has 1 amide bonds. The molecule has 0 radical (unpaired) electrons. The molecule has 0 aromatic heterocycles. The molecule has 2 aliphatic heterocycles. The zero-order valence-electron chi connectivity index (χ0n) is 12.4. The van der Waals surface area contributed by atoms with Gasteiger partial charge >= 0.3 is 0 Å². The van der Waals surface area contributed by atoms with Crippen LogP contribution in [0, 0.1) is 0 Å². The van der Waals surface area contributed by atoms with Crippen LogP contribution in [0.25, 0.3) is 6.08 Å². The number of thiocarbonyl (C=S) groups is 1. The van der Waals surface area contributed by atoms with Crippen molar-refractivity contribution in [3.05, 3.63) is 34.7 Å². The molecule has 0 N–H and O–H groups in total. The highest BCUT2D eigenvalue weighted by Gasteiger charge is 2.30. The number of ether oxygens (including phenoxy) is 1. The number of benzene rings is 1. The smallest absolute Gasteiger partial charge is 0.266 e. The third kappa shape index (κ3) is 3.19. The zero-order valence-corrected chi connectivity index (χ0v) is 14.1. The van der Waals surface area contributed by atoms with Crippen molar-refractivity contribution in [3.8, 4) is 0 Å². The Labute approximate surface area is 140 Å². The first-order valence-electron chi connectivity index (χ1n) is 7.37. The number of amides is 1. The van der Waals surface area contributed by atoms with Crippen LogP contribution < -0.4 is 4.90 Å². The summed E-state index contributed by atoms with van der Waals surface area (Å²) in [5.41, 5.74) is 2.22. The molecule has 4 nitrogen and oxygen atoms in total. The van der Waals surface area contributed by atoms with E-state index in [1.54, 1.807) is 4.90 Å². The summed E-state index contributed by atoms with van der Waals surface area (Å²) in [5, 5.41) is 0. The summed E-state index contributed by atoms with van der Waals surface area (Å²) in [6.07, 6.45) is 1.91. The van der Waals surface area contributed by atoms with E-state index >= 15 is 0 Å². The van der Waals surface area contributed by atoms with Gasteiger partial charge in [-0.3, -0.25) is 9.69 Å². The van der Waals surface area contributed by atoms with Gasteiger partial charge in [-0.25, -0.2) is 0 Å². The van der Waals surface area contributed by atoms with Crippen molar-refractivity contribution in [2.75, 3.05) is 37.7 Å². The van der Waals surface area contributed by atoms with Crippen LogP contribution in [0.15, 0.2) is 29.2 Å². The lowest BCUT2D eigenvalue weighted by molar-refractivity contribution is -0.121. The molecule has 0 spiro atoms. The van der Waals surface area contributed by atoms with Crippen molar-refractivity contribution in [1.29, 1.82) is 0 Å². The van der Waals surface area contributed by atoms with E-state index in [1.807, 2.05) is 25.1 Å². The highest BCUT2D eigenvalue weighted by molar-refractivity contribution is 8.26. The largest absolute Gasteiger partial charge is 0.378 e. The normalized spacial score (nSPS) is 21.0. The summed E-state index contributed by atoms with van der Waals surface area (Å²) in [6, 6.07) is 8.28. The second kappa shape index (κ2) is 6.81. The number of carbonyl (C=O) groups is 1. The van der Waals surface area contributed by atoms with Crippen molar-refractivity contribution in [1.82, 2.24) is 4.90 Å². The van der Waals surface area contributed by atoms with E-state index in [2.05, 4.69) is 17.0 Å². The summed E-state index contributed by atoms with van der Waals surface area (Å²) < 4.78 is 6.01. The molecule has 2 fully saturated rings. The number of anilines is 1. The summed E-state index contributed by atoms with van der Waals surface area (Å²) >= 11 is 6.60. The lowest BCUT2D eigenvalue weighted by Crippen LogP contribution is -2.36. The Kier molecular flexibility index (Phi) is 4.81. The van der Waals surface area contributed by atoms with Gasteiger partial charge in [0.1, 0.15) is 4.32 Å². The number of morpholine rings is 1. The summed E-state index contributed by atoms with van der Waals surface area (Å²) in [5.74, 6) is 0.00903. The Morgan fingerprint density at radius 1 is 1.27 bits per heavy atom. The topological polar surface area (TPSA) is 32.8 Å². The minimum Gasteiger partial charge on any atom is -0.378 e. The van der Waals surface area contributed by atoms with Gasteiger partial charge in [0.2, 0.25) is 0 Å². The maximum atomic E-state index is 12.2. The van der Waals surface area contributed by atoms with E-state index in [1.165, 1.54) is 17.4 Å². The fourth-order valence-electron chi connectivity index (χ4n) is 2.53. The predicted octanol–water partition coefficient (Wildman–Crippen LogP) is 2.74. The van der Waals surface area contributed by atoms with Crippen LogP contribution in [-0.2, 0) is 9.53 Å². The first-order valence-corrected chi connectivity index (χ1v) is 8.59. The van der Waals surface area contributed by atoms with Crippen molar-refractivity contribution in [2.24, 2.45) is 0 Å². The Bertz CT molecular complexity index is 607. The minimum atomic E-state index is 0.00903. The van der Waals surface area contributed by atoms with Gasteiger partial charge in [-0.1, -0.05) is 36.1 Å². The molecule has 0 bridgehead atoms. The number of carbonyl (C=O) groups excluding carboxylic acids is 1. The van der Waals surface area contributed by atoms with Gasteiger partial charge in [0, 0.05) is 25.3 Å². The van der Waals surface area contributed by atoms with E-state index in [4.69, 9.17) is 17.0 Å². The fraction of sp³-hybridized carbons (Fsp3) is 0.375. The van der Waals surface area contributed by atoms with E-state index in [-0.39, 0.29) is 5.91 Å².